The van der Waals surface area contributed by atoms with Crippen LogP contribution in [-0.2, 0) is 17.6 Å². The van der Waals surface area contributed by atoms with Crippen molar-refractivity contribution >= 4 is 5.97 Å². The number of carboxylic acids is 1. The molecule has 5 heteroatoms. The molecule has 0 spiro atoms. The summed E-state index contributed by atoms with van der Waals surface area (Å²) in [7, 11) is 0. The molecule has 0 radical (unpaired) electrons. The number of para-hydroxylation sites is 1. The maximum Gasteiger partial charge on any atom is 1.00 e. The largest absolute Gasteiger partial charge is 1.00 e. The quantitative estimate of drug-likeness (QED) is 0.458. The zero-order valence-electron chi connectivity index (χ0n) is 13.4. The van der Waals surface area contributed by atoms with Crippen LogP contribution in [0.3, 0.4) is 0 Å². The van der Waals surface area contributed by atoms with Gasteiger partial charge in [0.2, 0.25) is 0 Å². The maximum absolute atomic E-state index is 11.6. The Kier molecular flexibility index (Phi) is 6.82. The van der Waals surface area contributed by atoms with E-state index in [1.165, 1.54) is 0 Å². The zero-order chi connectivity index (χ0) is 15.5. The average Bonchev–Trinajstić information content (AvgIpc) is 2.52. The fourth-order valence-corrected chi connectivity index (χ4v) is 2.80. The van der Waals surface area contributed by atoms with Crippen LogP contribution in [0.4, 0.5) is 0 Å². The molecular weight excluding hydrogens is 319 g/mol. The molecule has 0 amide bonds. The van der Waals surface area contributed by atoms with E-state index in [1.54, 1.807) is 6.07 Å². The molecule has 2 aromatic rings. The van der Waals surface area contributed by atoms with Gasteiger partial charge in [-0.05, 0) is 36.6 Å². The van der Waals surface area contributed by atoms with E-state index in [-0.39, 0.29) is 56.9 Å². The predicted octanol–water partition coefficient (Wildman–Crippen LogP) is -0.670. The minimum Gasteiger partial charge on any atom is -0.545 e. The Hall–Kier alpha value is -0.694. The van der Waals surface area contributed by atoms with Gasteiger partial charge in [0, 0.05) is 24.2 Å². The number of hydrogen-bond acceptors (Lipinski definition) is 4. The minimum absolute atomic E-state index is 0. The second-order valence-corrected chi connectivity index (χ2v) is 5.20. The summed E-state index contributed by atoms with van der Waals surface area (Å²) in [5.74, 6) is 0.214. The topological polar surface area (TPSA) is 58.6 Å². The second kappa shape index (κ2) is 8.42. The number of carbonyl (C=O) groups excluding carboxylic acids is 1. The first-order chi connectivity index (χ1) is 10.7. The molecule has 3 rings (SSSR count). The molecule has 0 aliphatic carbocycles. The summed E-state index contributed by atoms with van der Waals surface area (Å²) < 4.78 is 11.2. The normalized spacial score (nSPS) is 11.7. The van der Waals surface area contributed by atoms with Gasteiger partial charge in [-0.3, -0.25) is 0 Å². The van der Waals surface area contributed by atoms with Crippen molar-refractivity contribution in [2.45, 2.75) is 19.8 Å². The Balaban J connectivity index is 0.00000192. The molecule has 0 atom stereocenters. The van der Waals surface area contributed by atoms with E-state index >= 15 is 0 Å². The molecule has 0 bridgehead atoms. The molecule has 0 saturated carbocycles. The fraction of sp³-hybridized carbons (Fsp3) is 0.278. The summed E-state index contributed by atoms with van der Waals surface area (Å²) in [5.41, 5.74) is 2.65. The van der Waals surface area contributed by atoms with Crippen LogP contribution in [0.25, 0.3) is 0 Å². The van der Waals surface area contributed by atoms with Gasteiger partial charge < -0.3 is 19.4 Å². The van der Waals surface area contributed by atoms with Crippen molar-refractivity contribution in [2.75, 3.05) is 13.2 Å². The van der Waals surface area contributed by atoms with E-state index in [9.17, 15) is 9.90 Å². The van der Waals surface area contributed by atoms with Gasteiger partial charge in [-0.2, -0.15) is 0 Å². The van der Waals surface area contributed by atoms with Crippen molar-refractivity contribution in [2.24, 2.45) is 0 Å². The van der Waals surface area contributed by atoms with Crippen molar-refractivity contribution in [3.05, 3.63) is 58.7 Å². The van der Waals surface area contributed by atoms with Crippen molar-refractivity contribution in [1.29, 1.82) is 0 Å². The number of benzene rings is 2. The van der Waals surface area contributed by atoms with E-state index in [4.69, 9.17) is 9.47 Å². The standard InChI is InChI=1S/C18H18O4.K/c1-2-21-10-9-12-7-8-16-14(17(12)18(19)20)11-13-5-3-4-6-15(13)22-16;/h3-8H,2,9-11H2,1H3,(H,19,20);/q;+1/p-1. The summed E-state index contributed by atoms with van der Waals surface area (Å²) >= 11 is 0. The van der Waals surface area contributed by atoms with Gasteiger partial charge in [0.15, 0.2) is 0 Å². The van der Waals surface area contributed by atoms with Gasteiger partial charge in [-0.25, -0.2) is 0 Å². The van der Waals surface area contributed by atoms with Gasteiger partial charge in [0.05, 0.1) is 12.6 Å². The Morgan fingerprint density at radius 1 is 1.22 bits per heavy atom. The first-order valence-electron chi connectivity index (χ1n) is 7.40. The van der Waals surface area contributed by atoms with Crippen molar-refractivity contribution in [3.8, 4) is 11.5 Å². The number of carboxylic acid groups (broad SMARTS) is 1. The van der Waals surface area contributed by atoms with Crippen LogP contribution in [0, 0.1) is 0 Å². The van der Waals surface area contributed by atoms with Gasteiger partial charge in [-0.15, -0.1) is 0 Å². The monoisotopic (exact) mass is 336 g/mol. The van der Waals surface area contributed by atoms with Crippen molar-refractivity contribution < 1.29 is 70.8 Å². The molecule has 0 fully saturated rings. The molecule has 114 valence electrons. The van der Waals surface area contributed by atoms with Gasteiger partial charge in [0.25, 0.3) is 0 Å². The van der Waals surface area contributed by atoms with Crippen LogP contribution in [-0.4, -0.2) is 19.2 Å². The molecule has 0 aromatic heterocycles. The number of aromatic carboxylic acids is 1. The molecule has 2 aromatic carbocycles. The summed E-state index contributed by atoms with van der Waals surface area (Å²) in [4.78, 5) is 11.6. The zero-order valence-corrected chi connectivity index (χ0v) is 16.5. The minimum atomic E-state index is -1.16. The SMILES string of the molecule is CCOCCc1ccc2c(c1C(=O)[O-])Cc1ccccc1O2.[K+]. The summed E-state index contributed by atoms with van der Waals surface area (Å²) in [6.07, 6.45) is 1.09. The molecule has 0 unspecified atom stereocenters. The van der Waals surface area contributed by atoms with E-state index < -0.39 is 5.97 Å². The van der Waals surface area contributed by atoms with E-state index in [0.29, 0.717) is 37.4 Å². The Bertz CT molecular complexity index is 712. The summed E-state index contributed by atoms with van der Waals surface area (Å²) in [6, 6.07) is 11.3. The molecule has 4 nitrogen and oxygen atoms in total. The van der Waals surface area contributed by atoms with Crippen molar-refractivity contribution in [1.82, 2.24) is 0 Å². The first kappa shape index (κ1) is 18.6. The number of ether oxygens (including phenoxy) is 2. The van der Waals surface area contributed by atoms with Crippen LogP contribution < -0.4 is 61.2 Å². The number of carbonyl (C=O) groups is 1. The van der Waals surface area contributed by atoms with Crippen LogP contribution in [0.2, 0.25) is 0 Å². The third-order valence-electron chi connectivity index (χ3n) is 3.84. The average molecular weight is 336 g/mol. The number of rotatable bonds is 5. The van der Waals surface area contributed by atoms with E-state index in [1.807, 2.05) is 37.3 Å². The van der Waals surface area contributed by atoms with Crippen LogP contribution in [0.5, 0.6) is 11.5 Å². The molecule has 0 N–H and O–H groups in total. The fourth-order valence-electron chi connectivity index (χ4n) is 2.80. The van der Waals surface area contributed by atoms with Gasteiger partial charge in [0.1, 0.15) is 11.5 Å². The van der Waals surface area contributed by atoms with E-state index in [0.717, 1.165) is 16.9 Å². The van der Waals surface area contributed by atoms with Crippen LogP contribution >= 0.6 is 0 Å². The number of fused-ring (bicyclic) bond motifs is 2. The molecule has 0 saturated heterocycles. The van der Waals surface area contributed by atoms with Gasteiger partial charge in [-0.1, -0.05) is 24.3 Å². The van der Waals surface area contributed by atoms with Crippen LogP contribution in [0.15, 0.2) is 36.4 Å². The smallest absolute Gasteiger partial charge is 0.545 e. The molecule has 1 aliphatic heterocycles. The summed E-state index contributed by atoms with van der Waals surface area (Å²) in [6.45, 7) is 3.02. The maximum atomic E-state index is 11.6. The Labute approximate surface area is 178 Å². The summed E-state index contributed by atoms with van der Waals surface area (Å²) in [5, 5.41) is 11.6. The predicted molar refractivity (Wildman–Crippen MR) is 80.3 cm³/mol. The van der Waals surface area contributed by atoms with E-state index in [2.05, 4.69) is 0 Å². The van der Waals surface area contributed by atoms with Crippen LogP contribution in [0.1, 0.15) is 34.0 Å². The molecule has 1 aliphatic rings. The van der Waals surface area contributed by atoms with Gasteiger partial charge >= 0.3 is 51.4 Å². The Morgan fingerprint density at radius 2 is 2.00 bits per heavy atom. The van der Waals surface area contributed by atoms with Crippen molar-refractivity contribution in [3.63, 3.8) is 0 Å². The Morgan fingerprint density at radius 3 is 2.74 bits per heavy atom. The third-order valence-corrected chi connectivity index (χ3v) is 3.84. The molecule has 23 heavy (non-hydrogen) atoms. The second-order valence-electron chi connectivity index (χ2n) is 5.20. The first-order valence-corrected chi connectivity index (χ1v) is 7.40. The molecule has 1 heterocycles. The number of hydrogen-bond donors (Lipinski definition) is 0. The molecular formula is C18H17KO4. The third kappa shape index (κ3) is 4.05.